The van der Waals surface area contributed by atoms with Crippen molar-refractivity contribution in [3.05, 3.63) is 29.8 Å². The van der Waals surface area contributed by atoms with Gasteiger partial charge in [0.1, 0.15) is 7.85 Å². The Morgan fingerprint density at radius 1 is 1.33 bits per heavy atom. The number of hydrogen-bond donors (Lipinski definition) is 1. The highest BCUT2D eigenvalue weighted by atomic mass is 16.3. The summed E-state index contributed by atoms with van der Waals surface area (Å²) in [5.41, 5.74) is 1.93. The minimum absolute atomic E-state index is 0.209. The van der Waals surface area contributed by atoms with Gasteiger partial charge >= 0.3 is 0 Å². The largest absolute Gasteiger partial charge is 0.396 e. The topological polar surface area (TPSA) is 20.2 Å². The minimum atomic E-state index is 0.209. The van der Waals surface area contributed by atoms with Crippen LogP contribution < -0.4 is 5.46 Å². The summed E-state index contributed by atoms with van der Waals surface area (Å²) in [5.74, 6) is 0.255. The zero-order valence-corrected chi connectivity index (χ0v) is 7.33. The van der Waals surface area contributed by atoms with Gasteiger partial charge in [-0.1, -0.05) is 36.7 Å². The minimum Gasteiger partial charge on any atom is -0.396 e. The van der Waals surface area contributed by atoms with Gasteiger partial charge in [0, 0.05) is 12.5 Å². The molecule has 0 aliphatic carbocycles. The van der Waals surface area contributed by atoms with Gasteiger partial charge in [0.2, 0.25) is 0 Å². The highest BCUT2D eigenvalue weighted by Crippen LogP contribution is 2.16. The first-order valence-corrected chi connectivity index (χ1v) is 4.24. The quantitative estimate of drug-likeness (QED) is 0.653. The van der Waals surface area contributed by atoms with Gasteiger partial charge in [-0.05, 0) is 12.0 Å². The van der Waals surface area contributed by atoms with Crippen LogP contribution in [0.5, 0.6) is 0 Å². The Bertz CT molecular complexity index is 226. The highest BCUT2D eigenvalue weighted by Gasteiger charge is 2.05. The summed E-state index contributed by atoms with van der Waals surface area (Å²) in [6.45, 7) is 2.28. The lowest BCUT2D eigenvalue weighted by Crippen LogP contribution is -2.06. The average Bonchev–Trinajstić information content (AvgIpc) is 2.10. The number of hydrogen-bond acceptors (Lipinski definition) is 1. The molecule has 0 bridgehead atoms. The van der Waals surface area contributed by atoms with Gasteiger partial charge in [-0.15, -0.1) is 0 Å². The maximum Gasteiger partial charge on any atom is 0.113 e. The second-order valence-corrected chi connectivity index (χ2v) is 2.95. The van der Waals surface area contributed by atoms with Crippen molar-refractivity contribution >= 4 is 13.3 Å². The molecule has 0 spiro atoms. The van der Waals surface area contributed by atoms with E-state index >= 15 is 0 Å². The SMILES string of the molecule is [B]c1ccc(C(CC)CO)cc1. The first kappa shape index (κ1) is 9.33. The molecular formula is C10H13BO. The Labute approximate surface area is 74.8 Å². The highest BCUT2D eigenvalue weighted by molar-refractivity contribution is 6.32. The van der Waals surface area contributed by atoms with E-state index in [-0.39, 0.29) is 12.5 Å². The Kier molecular flexibility index (Phi) is 3.36. The summed E-state index contributed by atoms with van der Waals surface area (Å²) < 4.78 is 0. The van der Waals surface area contributed by atoms with E-state index in [4.69, 9.17) is 13.0 Å². The van der Waals surface area contributed by atoms with Crippen LogP contribution in [0.2, 0.25) is 0 Å². The number of aliphatic hydroxyl groups is 1. The van der Waals surface area contributed by atoms with Crippen molar-refractivity contribution in [2.45, 2.75) is 19.3 Å². The Morgan fingerprint density at radius 2 is 1.92 bits per heavy atom. The summed E-state index contributed by atoms with van der Waals surface area (Å²) in [4.78, 5) is 0. The Balaban J connectivity index is 2.80. The van der Waals surface area contributed by atoms with Crippen LogP contribution in [0.3, 0.4) is 0 Å². The molecule has 0 amide bonds. The molecule has 1 N–H and O–H groups in total. The van der Waals surface area contributed by atoms with Crippen LogP contribution in [0.15, 0.2) is 24.3 Å². The van der Waals surface area contributed by atoms with E-state index in [1.165, 1.54) is 0 Å². The van der Waals surface area contributed by atoms with E-state index in [1.54, 1.807) is 0 Å². The first-order chi connectivity index (χ1) is 5.77. The lowest BCUT2D eigenvalue weighted by atomic mass is 9.91. The molecule has 1 unspecified atom stereocenters. The number of benzene rings is 1. The van der Waals surface area contributed by atoms with Gasteiger partial charge in [-0.25, -0.2) is 0 Å². The number of aliphatic hydroxyl groups excluding tert-OH is 1. The fourth-order valence-corrected chi connectivity index (χ4v) is 1.24. The average molecular weight is 160 g/mol. The molecule has 2 radical (unpaired) electrons. The second kappa shape index (κ2) is 4.32. The summed E-state index contributed by atoms with van der Waals surface area (Å²) >= 11 is 0. The fraction of sp³-hybridized carbons (Fsp3) is 0.400. The third kappa shape index (κ3) is 2.11. The zero-order chi connectivity index (χ0) is 8.97. The Hall–Kier alpha value is -0.755. The molecule has 62 valence electrons. The third-order valence-electron chi connectivity index (χ3n) is 2.12. The van der Waals surface area contributed by atoms with Crippen LogP contribution in [0.4, 0.5) is 0 Å². The van der Waals surface area contributed by atoms with Crippen molar-refractivity contribution < 1.29 is 5.11 Å². The predicted molar refractivity (Wildman–Crippen MR) is 51.9 cm³/mol. The van der Waals surface area contributed by atoms with Gasteiger partial charge < -0.3 is 5.11 Å². The van der Waals surface area contributed by atoms with Gasteiger partial charge in [-0.2, -0.15) is 0 Å². The maximum absolute atomic E-state index is 9.02. The molecule has 0 saturated heterocycles. The third-order valence-corrected chi connectivity index (χ3v) is 2.12. The molecule has 0 aromatic heterocycles. The molecular weight excluding hydrogens is 147 g/mol. The summed E-state index contributed by atoms with van der Waals surface area (Å²) in [7, 11) is 5.55. The van der Waals surface area contributed by atoms with E-state index in [1.807, 2.05) is 24.3 Å². The van der Waals surface area contributed by atoms with Crippen molar-refractivity contribution in [2.75, 3.05) is 6.61 Å². The zero-order valence-electron chi connectivity index (χ0n) is 7.33. The van der Waals surface area contributed by atoms with E-state index in [0.717, 1.165) is 17.4 Å². The number of rotatable bonds is 3. The van der Waals surface area contributed by atoms with E-state index in [2.05, 4.69) is 6.92 Å². The molecule has 0 saturated carbocycles. The predicted octanol–water partition coefficient (Wildman–Crippen LogP) is 0.966. The van der Waals surface area contributed by atoms with Crippen LogP contribution in [0, 0.1) is 0 Å². The van der Waals surface area contributed by atoms with Crippen molar-refractivity contribution in [3.63, 3.8) is 0 Å². The van der Waals surface area contributed by atoms with Crippen molar-refractivity contribution in [1.82, 2.24) is 0 Å². The first-order valence-electron chi connectivity index (χ1n) is 4.24. The molecule has 1 aromatic carbocycles. The molecule has 1 aromatic rings. The monoisotopic (exact) mass is 160 g/mol. The summed E-state index contributed by atoms with van der Waals surface area (Å²) in [5, 5.41) is 9.02. The van der Waals surface area contributed by atoms with Crippen LogP contribution >= 0.6 is 0 Å². The van der Waals surface area contributed by atoms with Crippen LogP contribution in [-0.4, -0.2) is 19.6 Å². The molecule has 0 fully saturated rings. The second-order valence-electron chi connectivity index (χ2n) is 2.95. The normalized spacial score (nSPS) is 12.8. The lowest BCUT2D eigenvalue weighted by Gasteiger charge is -2.11. The van der Waals surface area contributed by atoms with Crippen LogP contribution in [-0.2, 0) is 0 Å². The molecule has 1 nitrogen and oxygen atoms in total. The van der Waals surface area contributed by atoms with Gasteiger partial charge in [0.25, 0.3) is 0 Å². The van der Waals surface area contributed by atoms with Gasteiger partial charge in [0.05, 0.1) is 0 Å². The van der Waals surface area contributed by atoms with Gasteiger partial charge in [0.15, 0.2) is 0 Å². The van der Waals surface area contributed by atoms with Crippen LogP contribution in [0.25, 0.3) is 0 Å². The summed E-state index contributed by atoms with van der Waals surface area (Å²) in [6, 6.07) is 7.68. The van der Waals surface area contributed by atoms with E-state index < -0.39 is 0 Å². The van der Waals surface area contributed by atoms with E-state index in [9.17, 15) is 0 Å². The molecule has 2 heteroatoms. The molecule has 12 heavy (non-hydrogen) atoms. The smallest absolute Gasteiger partial charge is 0.113 e. The van der Waals surface area contributed by atoms with E-state index in [0.29, 0.717) is 0 Å². The molecule has 1 rings (SSSR count). The molecule has 1 atom stereocenters. The maximum atomic E-state index is 9.02. The van der Waals surface area contributed by atoms with Crippen molar-refractivity contribution in [2.24, 2.45) is 0 Å². The Morgan fingerprint density at radius 3 is 2.33 bits per heavy atom. The molecule has 0 aliphatic rings. The van der Waals surface area contributed by atoms with Gasteiger partial charge in [-0.3, -0.25) is 0 Å². The van der Waals surface area contributed by atoms with Crippen LogP contribution in [0.1, 0.15) is 24.8 Å². The van der Waals surface area contributed by atoms with Crippen molar-refractivity contribution in [3.8, 4) is 0 Å². The molecule has 0 heterocycles. The molecule has 0 aliphatic heterocycles. The van der Waals surface area contributed by atoms with Crippen molar-refractivity contribution in [1.29, 1.82) is 0 Å². The lowest BCUT2D eigenvalue weighted by molar-refractivity contribution is 0.262. The summed E-state index contributed by atoms with van der Waals surface area (Å²) in [6.07, 6.45) is 0.959. The fourth-order valence-electron chi connectivity index (χ4n) is 1.24. The standard InChI is InChI=1S/C10H13BO/c1-2-8(7-12)9-3-5-10(11)6-4-9/h3-6,8,12H,2,7H2,1H3.